The highest BCUT2D eigenvalue weighted by molar-refractivity contribution is 8.76. The van der Waals surface area contributed by atoms with E-state index in [1.54, 1.807) is 6.07 Å². The van der Waals surface area contributed by atoms with Gasteiger partial charge >= 0.3 is 24.0 Å². The summed E-state index contributed by atoms with van der Waals surface area (Å²) in [6, 6.07) is 5.78. The summed E-state index contributed by atoms with van der Waals surface area (Å²) in [5, 5.41) is 10.4. The lowest BCUT2D eigenvalue weighted by atomic mass is 9.52. The second-order valence-corrected chi connectivity index (χ2v) is 21.9. The quantitative estimate of drug-likeness (QED) is 0.0154. The normalized spacial score (nSPS) is 23.6. The second kappa shape index (κ2) is 25.3. The predicted octanol–water partition coefficient (Wildman–Crippen LogP) is 9.62. The maximum absolute atomic E-state index is 13.1. The number of hydrogen-bond donors (Lipinski definition) is 1. The van der Waals surface area contributed by atoms with Crippen molar-refractivity contribution in [3.05, 3.63) is 29.3 Å². The number of halogens is 5. The molecule has 0 heterocycles. The van der Waals surface area contributed by atoms with E-state index in [0.717, 1.165) is 77.0 Å². The fourth-order valence-electron chi connectivity index (χ4n) is 9.99. The Morgan fingerprint density at radius 2 is 1.48 bits per heavy atom. The largest absolute Gasteiger partial charge is 0.616 e. The van der Waals surface area contributed by atoms with Crippen LogP contribution in [0, 0.1) is 23.2 Å². The topological polar surface area (TPSA) is 164 Å². The van der Waals surface area contributed by atoms with Crippen molar-refractivity contribution < 1.29 is 69.9 Å². The molecule has 0 bridgehead atoms. The smallest absolute Gasteiger partial charge is 0.453 e. The van der Waals surface area contributed by atoms with E-state index in [2.05, 4.69) is 13.0 Å². The van der Waals surface area contributed by atoms with Crippen LogP contribution in [0.5, 0.6) is 5.75 Å². The first-order valence-corrected chi connectivity index (χ1v) is 26.1. The number of phenolic OH excluding ortho intramolecular Hbond substituents is 1. The lowest BCUT2D eigenvalue weighted by Gasteiger charge is -2.53. The van der Waals surface area contributed by atoms with Crippen LogP contribution in [0.4, 0.5) is 22.0 Å². The molecule has 1 N–H and O–H groups in total. The number of ether oxygens (including phenoxy) is 2. The van der Waals surface area contributed by atoms with Gasteiger partial charge in [0, 0.05) is 23.3 Å². The molecule has 3 aliphatic rings. The third kappa shape index (κ3) is 16.0. The lowest BCUT2D eigenvalue weighted by Crippen LogP contribution is -2.48. The van der Waals surface area contributed by atoms with Crippen LogP contribution in [-0.4, -0.2) is 93.1 Å². The van der Waals surface area contributed by atoms with Crippen molar-refractivity contribution in [2.45, 2.75) is 159 Å². The number of carbonyl (C=O) groups excluding carboxylic acids is 6. The number of alkyl halides is 5. The van der Waals surface area contributed by atoms with Crippen molar-refractivity contribution in [1.29, 1.82) is 0 Å². The molecule has 1 aromatic carbocycles. The molecule has 63 heavy (non-hydrogen) atoms. The molecule has 2 fully saturated rings. The van der Waals surface area contributed by atoms with Gasteiger partial charge in [0.1, 0.15) is 29.5 Å². The molecular formula is C45H61F5O10S3. The molecule has 3 aliphatic carbocycles. The summed E-state index contributed by atoms with van der Waals surface area (Å²) >= 11 is -1.41. The van der Waals surface area contributed by atoms with Crippen molar-refractivity contribution >= 4 is 68.8 Å². The summed E-state index contributed by atoms with van der Waals surface area (Å²) in [5.41, 5.74) is 2.37. The van der Waals surface area contributed by atoms with E-state index in [9.17, 15) is 60.4 Å². The minimum atomic E-state index is -5.58. The summed E-state index contributed by atoms with van der Waals surface area (Å²) in [7, 11) is 2.78. The van der Waals surface area contributed by atoms with Crippen LogP contribution in [0.25, 0.3) is 0 Å². The van der Waals surface area contributed by atoms with E-state index in [0.29, 0.717) is 47.4 Å². The molecule has 0 aromatic heterocycles. The maximum Gasteiger partial charge on any atom is 0.453 e. The second-order valence-electron chi connectivity index (χ2n) is 17.5. The molecule has 0 aliphatic heterocycles. The van der Waals surface area contributed by atoms with Gasteiger partial charge in [0.2, 0.25) is 0 Å². The summed E-state index contributed by atoms with van der Waals surface area (Å²) < 4.78 is 86.7. The predicted molar refractivity (Wildman–Crippen MR) is 232 cm³/mol. The van der Waals surface area contributed by atoms with E-state index in [-0.39, 0.29) is 54.4 Å². The summed E-state index contributed by atoms with van der Waals surface area (Å²) in [6.07, 6.45) is 2.77. The number of phenols is 1. The van der Waals surface area contributed by atoms with Crippen molar-refractivity contribution in [2.24, 2.45) is 23.2 Å². The number of benzene rings is 1. The third-order valence-corrected chi connectivity index (χ3v) is 17.0. The molecule has 1 unspecified atom stereocenters. The monoisotopic (exact) mass is 952 g/mol. The van der Waals surface area contributed by atoms with Crippen molar-refractivity contribution in [2.75, 3.05) is 23.0 Å². The number of carbonyl (C=O) groups is 6. The molecule has 0 saturated heterocycles. The molecule has 0 spiro atoms. The number of unbranched alkanes of at least 4 members (excludes halogenated alkanes) is 6. The molecule has 0 radical (unpaired) electrons. The summed E-state index contributed by atoms with van der Waals surface area (Å²) in [6.45, 7) is 2.28. The summed E-state index contributed by atoms with van der Waals surface area (Å²) in [4.78, 5) is 69.7. The van der Waals surface area contributed by atoms with Crippen LogP contribution in [-0.2, 0) is 55.8 Å². The van der Waals surface area contributed by atoms with Crippen LogP contribution in [0.2, 0.25) is 0 Å². The van der Waals surface area contributed by atoms with Gasteiger partial charge in [0.05, 0.1) is 25.7 Å². The Labute approximate surface area is 377 Å². The summed E-state index contributed by atoms with van der Waals surface area (Å²) in [5.74, 6) is -4.57. The maximum atomic E-state index is 13.1. The van der Waals surface area contributed by atoms with Crippen molar-refractivity contribution in [3.63, 3.8) is 0 Å². The van der Waals surface area contributed by atoms with Crippen LogP contribution in [0.15, 0.2) is 18.2 Å². The van der Waals surface area contributed by atoms with E-state index >= 15 is 0 Å². The van der Waals surface area contributed by atoms with Gasteiger partial charge in [-0.25, -0.2) is 0 Å². The molecule has 10 nitrogen and oxygen atoms in total. The van der Waals surface area contributed by atoms with Gasteiger partial charge in [-0.05, 0) is 105 Å². The van der Waals surface area contributed by atoms with Crippen molar-refractivity contribution in [3.8, 4) is 5.75 Å². The van der Waals surface area contributed by atoms with Crippen LogP contribution in [0.1, 0.15) is 140 Å². The standard InChI is InChI=1S/C45H61F5O10S3/c1-43-19-15-37-36-12-11-32(53)25-31(36)24-30(10-7-5-3-2-4-6-8-22-63(58)23-9-18-44(46,47)45(48,49)50)42(37)38(43)13-14-39(43)60-41(57)17-21-62-61-20-16-40(56)59-35(26-33(54)28-51)27-34(55)29-52/h11-12,25,28-30,35,37-39,42,53H,2-10,13-24,26-27H2,1H3/t30-,37-,38+,39+,42-,43+,63?/m1/s1. The highest BCUT2D eigenvalue weighted by Crippen LogP contribution is 2.63. The van der Waals surface area contributed by atoms with Gasteiger partial charge < -0.3 is 19.1 Å². The highest BCUT2D eigenvalue weighted by Gasteiger charge is 2.58. The lowest BCUT2D eigenvalue weighted by molar-refractivity contribution is -0.284. The average Bonchev–Trinajstić information content (AvgIpc) is 3.55. The van der Waals surface area contributed by atoms with E-state index in [1.807, 2.05) is 6.07 Å². The number of ketones is 2. The van der Waals surface area contributed by atoms with Gasteiger partial charge in [0.25, 0.3) is 0 Å². The minimum Gasteiger partial charge on any atom is -0.616 e. The molecule has 0 amide bonds. The number of hydrogen-bond acceptors (Lipinski definition) is 12. The van der Waals surface area contributed by atoms with Crippen LogP contribution >= 0.6 is 21.6 Å². The highest BCUT2D eigenvalue weighted by atomic mass is 33.1. The Balaban J connectivity index is 1.18. The number of rotatable bonds is 29. The number of Topliss-reactive ketones (excluding diaryl/α,β-unsaturated/α-hetero) is 2. The van der Waals surface area contributed by atoms with Crippen LogP contribution < -0.4 is 0 Å². The van der Waals surface area contributed by atoms with E-state index in [4.69, 9.17) is 9.47 Å². The first-order valence-electron chi connectivity index (χ1n) is 22.1. The fourth-order valence-corrected chi connectivity index (χ4v) is 13.1. The molecule has 18 heteroatoms. The fraction of sp³-hybridized carbons (Fsp3) is 0.733. The zero-order valence-corrected chi connectivity index (χ0v) is 38.3. The average molecular weight is 953 g/mol. The first kappa shape index (κ1) is 52.9. The SMILES string of the molecule is C[C@]12CC[C@@H]3c4ccc(O)cc4C[C@@H](CCCCCCCCC[S+]([O-])CCCC(F)(F)C(F)(F)F)[C@H]3[C@@H]1CC[C@@H]2OC(=O)CCSSCCC(=O)OC(CC(=O)C=O)CC(=O)C=O. The van der Waals surface area contributed by atoms with Gasteiger partial charge in [-0.2, -0.15) is 22.0 Å². The van der Waals surface area contributed by atoms with Gasteiger partial charge in [0.15, 0.2) is 24.1 Å². The number of fused-ring (bicyclic) bond motifs is 5. The van der Waals surface area contributed by atoms with Gasteiger partial charge in [-0.3, -0.25) is 28.8 Å². The van der Waals surface area contributed by atoms with Crippen molar-refractivity contribution in [1.82, 2.24) is 0 Å². The number of esters is 2. The Morgan fingerprint density at radius 1 is 0.873 bits per heavy atom. The minimum absolute atomic E-state index is 0.0345. The molecule has 1 aromatic rings. The molecule has 4 rings (SSSR count). The van der Waals surface area contributed by atoms with Gasteiger partial charge in [-0.15, -0.1) is 0 Å². The van der Waals surface area contributed by atoms with E-state index in [1.165, 1.54) is 32.7 Å². The molecule has 354 valence electrons. The number of aldehydes is 2. The Hall–Kier alpha value is -2.70. The third-order valence-electron chi connectivity index (χ3n) is 13.1. The number of aromatic hydroxyl groups is 1. The Morgan fingerprint density at radius 3 is 2.11 bits per heavy atom. The van der Waals surface area contributed by atoms with Crippen LogP contribution in [0.3, 0.4) is 0 Å². The molecule has 2 saturated carbocycles. The molecular weight excluding hydrogens is 892 g/mol. The zero-order chi connectivity index (χ0) is 46.2. The van der Waals surface area contributed by atoms with E-state index < -0.39 is 72.6 Å². The van der Waals surface area contributed by atoms with Gasteiger partial charge in [-0.1, -0.05) is 77.9 Å². The Kier molecular flexibility index (Phi) is 21.2. The molecule has 7 atom stereocenters. The Bertz CT molecular complexity index is 1680. The zero-order valence-electron chi connectivity index (χ0n) is 35.9. The first-order chi connectivity index (χ1) is 29.9.